The Hall–Kier alpha value is -1.24. The van der Waals surface area contributed by atoms with Crippen molar-refractivity contribution in [3.8, 4) is 0 Å². The van der Waals surface area contributed by atoms with E-state index < -0.39 is 9.84 Å². The number of nitrogens with two attached hydrogens (primary N) is 1. The summed E-state index contributed by atoms with van der Waals surface area (Å²) in [6.07, 6.45) is 1.56. The molecule has 0 amide bonds. The van der Waals surface area contributed by atoms with Crippen LogP contribution in [0.15, 0.2) is 0 Å². The number of rotatable bonds is 3. The molecule has 0 aliphatic carbocycles. The van der Waals surface area contributed by atoms with Crippen LogP contribution in [-0.4, -0.2) is 35.7 Å². The maximum atomic E-state index is 11.6. The Bertz CT molecular complexity index is 535. The summed E-state index contributed by atoms with van der Waals surface area (Å²) in [6, 6.07) is -0.0625. The molecule has 0 spiro atoms. The number of nitrogens with zero attached hydrogens (tertiary/aromatic N) is 2. The molecule has 1 unspecified atom stereocenters. The van der Waals surface area contributed by atoms with Crippen molar-refractivity contribution in [1.82, 2.24) is 9.78 Å². The van der Waals surface area contributed by atoms with E-state index in [0.717, 1.165) is 17.9 Å². The summed E-state index contributed by atoms with van der Waals surface area (Å²) in [4.78, 5) is 0. The van der Waals surface area contributed by atoms with E-state index in [9.17, 15) is 8.42 Å². The van der Waals surface area contributed by atoms with E-state index in [2.05, 4.69) is 10.4 Å². The van der Waals surface area contributed by atoms with Crippen LogP contribution >= 0.6 is 0 Å². The molecule has 0 aromatic carbocycles. The van der Waals surface area contributed by atoms with Gasteiger partial charge < -0.3 is 11.1 Å². The zero-order valence-electron chi connectivity index (χ0n) is 10.8. The van der Waals surface area contributed by atoms with Crippen molar-refractivity contribution in [3.05, 3.63) is 5.69 Å². The van der Waals surface area contributed by atoms with Gasteiger partial charge in [-0.25, -0.2) is 13.1 Å². The summed E-state index contributed by atoms with van der Waals surface area (Å²) in [5, 5.41) is 7.55. The third kappa shape index (κ3) is 2.60. The average Bonchev–Trinajstić information content (AvgIpc) is 2.55. The van der Waals surface area contributed by atoms with Crippen LogP contribution in [0.2, 0.25) is 0 Å². The summed E-state index contributed by atoms with van der Waals surface area (Å²) >= 11 is 0. The first-order valence-electron chi connectivity index (χ1n) is 6.23. The lowest BCUT2D eigenvalue weighted by Crippen LogP contribution is -2.35. The van der Waals surface area contributed by atoms with Gasteiger partial charge in [0.2, 0.25) is 0 Å². The zero-order valence-corrected chi connectivity index (χ0v) is 11.6. The van der Waals surface area contributed by atoms with E-state index in [-0.39, 0.29) is 11.8 Å². The van der Waals surface area contributed by atoms with Crippen molar-refractivity contribution in [1.29, 1.82) is 0 Å². The van der Waals surface area contributed by atoms with Gasteiger partial charge in [0, 0.05) is 12.6 Å². The molecule has 1 saturated heterocycles. The largest absolute Gasteiger partial charge is 0.394 e. The fraction of sp³-hybridized carbons (Fsp3) is 0.727. The van der Waals surface area contributed by atoms with Crippen molar-refractivity contribution in [2.75, 3.05) is 22.6 Å². The van der Waals surface area contributed by atoms with Crippen LogP contribution in [0.4, 0.5) is 11.5 Å². The molecule has 1 aromatic rings. The topological polar surface area (TPSA) is 90.0 Å². The molecule has 1 fully saturated rings. The van der Waals surface area contributed by atoms with E-state index in [0.29, 0.717) is 24.4 Å². The molecule has 7 heteroatoms. The minimum Gasteiger partial charge on any atom is -0.394 e. The van der Waals surface area contributed by atoms with Crippen LogP contribution in [0.3, 0.4) is 0 Å². The third-order valence-electron chi connectivity index (χ3n) is 3.28. The summed E-state index contributed by atoms with van der Waals surface area (Å²) in [5.41, 5.74) is 7.36. The smallest absolute Gasteiger partial charge is 0.152 e. The van der Waals surface area contributed by atoms with Crippen LogP contribution in [0.25, 0.3) is 0 Å². The number of hydrogen-bond donors (Lipinski definition) is 2. The number of anilines is 2. The number of sulfone groups is 1. The highest BCUT2D eigenvalue weighted by molar-refractivity contribution is 7.91. The first-order chi connectivity index (χ1) is 8.43. The van der Waals surface area contributed by atoms with Crippen molar-refractivity contribution in [2.24, 2.45) is 0 Å². The molecule has 1 aromatic heterocycles. The molecule has 2 heterocycles. The highest BCUT2D eigenvalue weighted by Crippen LogP contribution is 2.25. The first-order valence-corrected chi connectivity index (χ1v) is 8.05. The van der Waals surface area contributed by atoms with Gasteiger partial charge in [0.1, 0.15) is 5.82 Å². The predicted octanol–water partition coefficient (Wildman–Crippen LogP) is 0.783. The molecule has 2 rings (SSSR count). The minimum absolute atomic E-state index is 0.0625. The Morgan fingerprint density at radius 3 is 2.89 bits per heavy atom. The first kappa shape index (κ1) is 13.2. The fourth-order valence-electron chi connectivity index (χ4n) is 2.31. The van der Waals surface area contributed by atoms with E-state index >= 15 is 0 Å². The van der Waals surface area contributed by atoms with Crippen LogP contribution in [0.5, 0.6) is 0 Å². The highest BCUT2D eigenvalue weighted by atomic mass is 32.2. The zero-order chi connectivity index (χ0) is 13.3. The van der Waals surface area contributed by atoms with Crippen LogP contribution in [-0.2, 0) is 16.4 Å². The van der Waals surface area contributed by atoms with Crippen molar-refractivity contribution in [2.45, 2.75) is 39.3 Å². The van der Waals surface area contributed by atoms with E-state index in [1.165, 1.54) is 0 Å². The maximum absolute atomic E-state index is 11.6. The van der Waals surface area contributed by atoms with Gasteiger partial charge in [-0.1, -0.05) is 0 Å². The second kappa shape index (κ2) is 4.79. The normalized spacial score (nSPS) is 22.9. The molecule has 1 aliphatic rings. The lowest BCUT2D eigenvalue weighted by molar-refractivity contribution is 0.558. The second-order valence-electron chi connectivity index (χ2n) is 4.76. The average molecular weight is 272 g/mol. The molecule has 6 nitrogen and oxygen atoms in total. The Balaban J connectivity index is 2.19. The van der Waals surface area contributed by atoms with Crippen LogP contribution < -0.4 is 11.1 Å². The molecular weight excluding hydrogens is 252 g/mol. The van der Waals surface area contributed by atoms with Crippen molar-refractivity contribution >= 4 is 21.3 Å². The summed E-state index contributed by atoms with van der Waals surface area (Å²) in [6.45, 7) is 4.54. The van der Waals surface area contributed by atoms with Gasteiger partial charge in [0.15, 0.2) is 9.84 Å². The van der Waals surface area contributed by atoms with E-state index in [1.807, 2.05) is 13.8 Å². The molecule has 0 saturated carbocycles. The molecule has 3 N–H and O–H groups in total. The Morgan fingerprint density at radius 1 is 1.56 bits per heavy atom. The van der Waals surface area contributed by atoms with Gasteiger partial charge in [-0.15, -0.1) is 0 Å². The van der Waals surface area contributed by atoms with Crippen LogP contribution in [0.1, 0.15) is 25.5 Å². The van der Waals surface area contributed by atoms with Crippen LogP contribution in [0, 0.1) is 6.92 Å². The summed E-state index contributed by atoms with van der Waals surface area (Å²) < 4.78 is 25.0. The number of aromatic nitrogens is 2. The molecule has 1 atom stereocenters. The molecule has 18 heavy (non-hydrogen) atoms. The van der Waals surface area contributed by atoms with E-state index in [4.69, 9.17) is 5.73 Å². The van der Waals surface area contributed by atoms with Crippen molar-refractivity contribution in [3.63, 3.8) is 0 Å². The summed E-state index contributed by atoms with van der Waals surface area (Å²) in [5.74, 6) is 1.23. The van der Waals surface area contributed by atoms with Gasteiger partial charge in [0.25, 0.3) is 0 Å². The van der Waals surface area contributed by atoms with Gasteiger partial charge in [0.05, 0.1) is 22.9 Å². The number of aryl methyl sites for hydroxylation is 2. The third-order valence-corrected chi connectivity index (χ3v) is 5.10. The van der Waals surface area contributed by atoms with Gasteiger partial charge in [-0.05, 0) is 26.7 Å². The predicted molar refractivity (Wildman–Crippen MR) is 72.3 cm³/mol. The SMILES string of the molecule is CCn1nc(C)c(N)c1NC1CCCS(=O)(=O)C1. The molecule has 1 aliphatic heterocycles. The summed E-state index contributed by atoms with van der Waals surface area (Å²) in [7, 11) is -2.91. The highest BCUT2D eigenvalue weighted by Gasteiger charge is 2.26. The Morgan fingerprint density at radius 2 is 2.28 bits per heavy atom. The number of hydrogen-bond acceptors (Lipinski definition) is 5. The number of nitrogens with one attached hydrogen (secondary N) is 1. The van der Waals surface area contributed by atoms with Gasteiger partial charge in [-0.2, -0.15) is 5.10 Å². The Kier molecular flexibility index (Phi) is 3.52. The lowest BCUT2D eigenvalue weighted by Gasteiger charge is -2.24. The molecule has 0 bridgehead atoms. The molecule has 102 valence electrons. The molecule has 0 radical (unpaired) electrons. The lowest BCUT2D eigenvalue weighted by atomic mass is 10.2. The molecular formula is C11H20N4O2S. The van der Waals surface area contributed by atoms with E-state index in [1.54, 1.807) is 4.68 Å². The second-order valence-corrected chi connectivity index (χ2v) is 6.99. The minimum atomic E-state index is -2.91. The van der Waals surface area contributed by atoms with Gasteiger partial charge >= 0.3 is 0 Å². The fourth-order valence-corrected chi connectivity index (χ4v) is 3.94. The van der Waals surface area contributed by atoms with Gasteiger partial charge in [-0.3, -0.25) is 0 Å². The quantitative estimate of drug-likeness (QED) is 0.848. The Labute approximate surface area is 107 Å². The standard InChI is InChI=1S/C11H20N4O2S/c1-3-15-11(10(12)8(2)14-15)13-9-5-4-6-18(16,17)7-9/h9,13H,3-7,12H2,1-2H3. The maximum Gasteiger partial charge on any atom is 0.152 e. The number of nitrogen functional groups attached to an aromatic ring is 1. The monoisotopic (exact) mass is 272 g/mol. The van der Waals surface area contributed by atoms with Crippen molar-refractivity contribution < 1.29 is 8.42 Å².